The molecule has 1 atom stereocenters. The van der Waals surface area contributed by atoms with Crippen LogP contribution in [0.25, 0.3) is 11.3 Å². The molecule has 2 N–H and O–H groups in total. The van der Waals surface area contributed by atoms with Gasteiger partial charge < -0.3 is 19.6 Å². The Kier molecular flexibility index (Phi) is 6.71. The highest BCUT2D eigenvalue weighted by molar-refractivity contribution is 7.98. The SMILES string of the molecule is CCOc1cc(-c2nc(SC)[nH]c(=O)c2C#N)cc(Cl)c1OC(C)C(=O)O. The van der Waals surface area contributed by atoms with Crippen LogP contribution >= 0.6 is 23.4 Å². The topological polar surface area (TPSA) is 125 Å². The summed E-state index contributed by atoms with van der Waals surface area (Å²) in [5.41, 5.74) is -0.220. The molecule has 2 rings (SSSR count). The number of halogens is 1. The van der Waals surface area contributed by atoms with Gasteiger partial charge in [-0.2, -0.15) is 5.26 Å². The van der Waals surface area contributed by atoms with E-state index in [0.717, 1.165) is 0 Å². The summed E-state index contributed by atoms with van der Waals surface area (Å²) >= 11 is 7.49. The molecule has 1 heterocycles. The van der Waals surface area contributed by atoms with E-state index in [-0.39, 0.29) is 34.4 Å². The van der Waals surface area contributed by atoms with E-state index in [1.54, 1.807) is 13.2 Å². The monoisotopic (exact) mass is 409 g/mol. The quantitative estimate of drug-likeness (QED) is 0.528. The Morgan fingerprint density at radius 2 is 2.22 bits per heavy atom. The van der Waals surface area contributed by atoms with Crippen LogP contribution in [0.2, 0.25) is 5.02 Å². The first-order valence-corrected chi connectivity index (χ1v) is 9.37. The van der Waals surface area contributed by atoms with Crippen LogP contribution in [0.4, 0.5) is 0 Å². The number of aromatic nitrogens is 2. The molecule has 0 radical (unpaired) electrons. The number of H-pyrrole nitrogens is 1. The van der Waals surface area contributed by atoms with Gasteiger partial charge in [-0.1, -0.05) is 23.4 Å². The third-order valence-electron chi connectivity index (χ3n) is 3.43. The summed E-state index contributed by atoms with van der Waals surface area (Å²) in [6.45, 7) is 3.36. The zero-order valence-electron chi connectivity index (χ0n) is 14.7. The maximum Gasteiger partial charge on any atom is 0.344 e. The number of thioether (sulfide) groups is 1. The van der Waals surface area contributed by atoms with Crippen molar-refractivity contribution in [1.29, 1.82) is 5.26 Å². The maximum atomic E-state index is 12.1. The number of nitrogens with one attached hydrogen (secondary N) is 1. The van der Waals surface area contributed by atoms with Gasteiger partial charge in [-0.25, -0.2) is 9.78 Å². The Balaban J connectivity index is 2.67. The van der Waals surface area contributed by atoms with Gasteiger partial charge in [0.05, 0.1) is 17.3 Å². The lowest BCUT2D eigenvalue weighted by molar-refractivity contribution is -0.144. The first kappa shape index (κ1) is 20.6. The lowest BCUT2D eigenvalue weighted by Crippen LogP contribution is -2.23. The van der Waals surface area contributed by atoms with Crippen molar-refractivity contribution in [2.75, 3.05) is 12.9 Å². The van der Waals surface area contributed by atoms with Gasteiger partial charge in [0.1, 0.15) is 11.6 Å². The third kappa shape index (κ3) is 4.53. The number of carboxylic acids is 1. The molecule has 0 spiro atoms. The molecule has 0 amide bonds. The Morgan fingerprint density at radius 3 is 2.78 bits per heavy atom. The van der Waals surface area contributed by atoms with Crippen LogP contribution in [0.5, 0.6) is 11.5 Å². The minimum Gasteiger partial charge on any atom is -0.490 e. The number of ether oxygens (including phenoxy) is 2. The minimum absolute atomic E-state index is 0.0607. The first-order valence-electron chi connectivity index (χ1n) is 7.76. The Hall–Kier alpha value is -2.70. The number of nitrogens with zero attached hydrogens (tertiary/aromatic N) is 2. The van der Waals surface area contributed by atoms with Gasteiger partial charge in [-0.15, -0.1) is 0 Å². The number of rotatable bonds is 7. The first-order chi connectivity index (χ1) is 12.8. The van der Waals surface area contributed by atoms with Crippen LogP contribution in [0.15, 0.2) is 22.1 Å². The predicted octanol–water partition coefficient (Wildman–Crippen LogP) is 2.93. The molecule has 2 aromatic rings. The van der Waals surface area contributed by atoms with E-state index < -0.39 is 17.6 Å². The predicted molar refractivity (Wildman–Crippen MR) is 101 cm³/mol. The molecule has 142 valence electrons. The van der Waals surface area contributed by atoms with Crippen molar-refractivity contribution < 1.29 is 19.4 Å². The molecule has 1 aromatic carbocycles. The van der Waals surface area contributed by atoms with Crippen LogP contribution in [0, 0.1) is 11.3 Å². The molecule has 10 heteroatoms. The Bertz CT molecular complexity index is 970. The van der Waals surface area contributed by atoms with Crippen molar-refractivity contribution >= 4 is 29.3 Å². The molecule has 0 aliphatic heterocycles. The standard InChI is InChI=1S/C17H16ClN3O5S/c1-4-25-12-6-9(5-11(18)14(12)26-8(2)16(23)24)13-10(7-19)15(22)21-17(20-13)27-3/h5-6,8H,4H2,1-3H3,(H,23,24)(H,20,21,22). The van der Waals surface area contributed by atoms with Crippen molar-refractivity contribution in [2.24, 2.45) is 0 Å². The second-order valence-electron chi connectivity index (χ2n) is 5.23. The van der Waals surface area contributed by atoms with E-state index in [2.05, 4.69) is 9.97 Å². The fourth-order valence-electron chi connectivity index (χ4n) is 2.17. The van der Waals surface area contributed by atoms with Crippen molar-refractivity contribution in [3.8, 4) is 28.8 Å². The molecular formula is C17H16ClN3O5S. The fourth-order valence-corrected chi connectivity index (χ4v) is 2.80. The molecular weight excluding hydrogens is 394 g/mol. The van der Waals surface area contributed by atoms with E-state index in [1.165, 1.54) is 30.8 Å². The van der Waals surface area contributed by atoms with Gasteiger partial charge in [-0.05, 0) is 32.2 Å². The van der Waals surface area contributed by atoms with Gasteiger partial charge in [0.2, 0.25) is 0 Å². The molecule has 0 aliphatic rings. The van der Waals surface area contributed by atoms with Crippen LogP contribution in [-0.2, 0) is 4.79 Å². The minimum atomic E-state index is -1.16. The summed E-state index contributed by atoms with van der Waals surface area (Å²) in [4.78, 5) is 30.0. The normalized spacial score (nSPS) is 11.5. The van der Waals surface area contributed by atoms with Crippen molar-refractivity contribution in [1.82, 2.24) is 9.97 Å². The molecule has 27 heavy (non-hydrogen) atoms. The Morgan fingerprint density at radius 1 is 1.52 bits per heavy atom. The second kappa shape index (κ2) is 8.79. The molecule has 0 aliphatic carbocycles. The number of nitriles is 1. The van der Waals surface area contributed by atoms with Gasteiger partial charge in [0.15, 0.2) is 22.8 Å². The smallest absolute Gasteiger partial charge is 0.344 e. The summed E-state index contributed by atoms with van der Waals surface area (Å²) in [6, 6.07) is 4.79. The number of aliphatic carboxylic acids is 1. The number of hydrogen-bond acceptors (Lipinski definition) is 7. The van der Waals surface area contributed by atoms with Crippen LogP contribution in [0.3, 0.4) is 0 Å². The van der Waals surface area contributed by atoms with E-state index in [0.29, 0.717) is 10.7 Å². The summed E-state index contributed by atoms with van der Waals surface area (Å²) < 4.78 is 10.9. The zero-order chi connectivity index (χ0) is 20.1. The van der Waals surface area contributed by atoms with Gasteiger partial charge >= 0.3 is 5.97 Å². The molecule has 0 saturated heterocycles. The summed E-state index contributed by atoms with van der Waals surface area (Å²) in [6.07, 6.45) is 0.583. The number of hydrogen-bond donors (Lipinski definition) is 2. The Labute approximate surface area is 164 Å². The largest absolute Gasteiger partial charge is 0.490 e. The molecule has 1 unspecified atom stereocenters. The third-order valence-corrected chi connectivity index (χ3v) is 4.29. The summed E-state index contributed by atoms with van der Waals surface area (Å²) in [5.74, 6) is -0.916. The van der Waals surface area contributed by atoms with Gasteiger partial charge in [-0.3, -0.25) is 4.79 Å². The van der Waals surface area contributed by atoms with Crippen molar-refractivity contribution in [3.05, 3.63) is 33.1 Å². The van der Waals surface area contributed by atoms with Crippen LogP contribution in [-0.4, -0.2) is 40.0 Å². The van der Waals surface area contributed by atoms with E-state index in [4.69, 9.17) is 26.2 Å². The zero-order valence-corrected chi connectivity index (χ0v) is 16.3. The fraction of sp³-hybridized carbons (Fsp3) is 0.294. The number of benzene rings is 1. The van der Waals surface area contributed by atoms with Crippen LogP contribution < -0.4 is 15.0 Å². The number of carboxylic acid groups (broad SMARTS) is 1. The number of aromatic amines is 1. The van der Waals surface area contributed by atoms with Gasteiger partial charge in [0.25, 0.3) is 5.56 Å². The highest BCUT2D eigenvalue weighted by Gasteiger charge is 2.22. The average molecular weight is 410 g/mol. The lowest BCUT2D eigenvalue weighted by Gasteiger charge is -2.17. The van der Waals surface area contributed by atoms with Crippen molar-refractivity contribution in [3.63, 3.8) is 0 Å². The number of carbonyl (C=O) groups is 1. The van der Waals surface area contributed by atoms with E-state index >= 15 is 0 Å². The highest BCUT2D eigenvalue weighted by Crippen LogP contribution is 2.40. The molecule has 0 fully saturated rings. The maximum absolute atomic E-state index is 12.1. The molecule has 1 aromatic heterocycles. The van der Waals surface area contributed by atoms with Crippen molar-refractivity contribution in [2.45, 2.75) is 25.1 Å². The van der Waals surface area contributed by atoms with E-state index in [1.807, 2.05) is 6.07 Å². The molecule has 8 nitrogen and oxygen atoms in total. The molecule has 0 bridgehead atoms. The van der Waals surface area contributed by atoms with Gasteiger partial charge in [0, 0.05) is 5.56 Å². The van der Waals surface area contributed by atoms with E-state index in [9.17, 15) is 14.9 Å². The summed E-state index contributed by atoms with van der Waals surface area (Å²) in [7, 11) is 0. The lowest BCUT2D eigenvalue weighted by atomic mass is 10.1. The van der Waals surface area contributed by atoms with Crippen LogP contribution in [0.1, 0.15) is 19.4 Å². The highest BCUT2D eigenvalue weighted by atomic mass is 35.5. The average Bonchev–Trinajstić information content (AvgIpc) is 2.63. The molecule has 0 saturated carbocycles. The summed E-state index contributed by atoms with van der Waals surface area (Å²) in [5, 5.41) is 18.8. The second-order valence-corrected chi connectivity index (χ2v) is 6.43.